The van der Waals surface area contributed by atoms with Crippen molar-refractivity contribution in [1.82, 2.24) is 39.1 Å². The third-order valence-electron chi connectivity index (χ3n) is 6.41. The number of thiazole rings is 1. The Balaban J connectivity index is 1.43. The van der Waals surface area contributed by atoms with Gasteiger partial charge in [-0.15, -0.1) is 16.4 Å². The molecule has 0 radical (unpaired) electrons. The van der Waals surface area contributed by atoms with E-state index < -0.39 is 6.04 Å². The highest BCUT2D eigenvalue weighted by molar-refractivity contribution is 7.15. The lowest BCUT2D eigenvalue weighted by Gasteiger charge is -2.14. The normalized spacial score (nSPS) is 12.0. The minimum atomic E-state index is -0.441. The van der Waals surface area contributed by atoms with E-state index in [-0.39, 0.29) is 17.3 Å². The zero-order valence-electron chi connectivity index (χ0n) is 20.9. The van der Waals surface area contributed by atoms with E-state index in [1.54, 1.807) is 29.3 Å². The number of rotatable bonds is 4. The van der Waals surface area contributed by atoms with Gasteiger partial charge in [-0.25, -0.2) is 14.5 Å². The van der Waals surface area contributed by atoms with Gasteiger partial charge >= 0.3 is 0 Å². The topological polar surface area (TPSA) is 120 Å². The van der Waals surface area contributed by atoms with E-state index >= 15 is 0 Å². The first kappa shape index (κ1) is 23.4. The van der Waals surface area contributed by atoms with Gasteiger partial charge in [0.1, 0.15) is 11.3 Å². The highest BCUT2D eigenvalue weighted by Crippen LogP contribution is 2.33. The molecule has 1 atom stereocenters. The minimum absolute atomic E-state index is 0.116. The smallest absolute Gasteiger partial charge is 0.259 e. The van der Waals surface area contributed by atoms with Crippen LogP contribution in [0, 0.1) is 18.8 Å². The molecule has 0 saturated heterocycles. The van der Waals surface area contributed by atoms with Gasteiger partial charge in [-0.3, -0.25) is 13.9 Å². The summed E-state index contributed by atoms with van der Waals surface area (Å²) in [6.45, 7) is 3.89. The molecule has 6 aromatic rings. The van der Waals surface area contributed by atoms with Gasteiger partial charge in [0.25, 0.3) is 5.91 Å². The summed E-state index contributed by atoms with van der Waals surface area (Å²) in [5.41, 5.74) is 11.9. The molecular weight excluding hydrogens is 498 g/mol. The number of imidazole rings is 1. The summed E-state index contributed by atoms with van der Waals surface area (Å²) in [6.07, 6.45) is 5.07. The van der Waals surface area contributed by atoms with Gasteiger partial charge in [0, 0.05) is 30.4 Å². The van der Waals surface area contributed by atoms with Crippen LogP contribution in [0.25, 0.3) is 21.9 Å². The van der Waals surface area contributed by atoms with E-state index in [1.807, 2.05) is 61.0 Å². The number of fused-ring (bicyclic) bond motifs is 2. The molecule has 0 aliphatic rings. The summed E-state index contributed by atoms with van der Waals surface area (Å²) in [7, 11) is 1.89. The maximum atomic E-state index is 13.3. The van der Waals surface area contributed by atoms with Gasteiger partial charge in [-0.1, -0.05) is 36.3 Å². The lowest BCUT2D eigenvalue weighted by atomic mass is 10.1. The highest BCUT2D eigenvalue weighted by Gasteiger charge is 2.26. The number of hydrogen-bond donors (Lipinski definition) is 2. The third-order valence-corrected chi connectivity index (χ3v) is 7.23. The molecule has 10 nitrogen and oxygen atoms in total. The summed E-state index contributed by atoms with van der Waals surface area (Å²) in [5, 5.41) is 13.5. The van der Waals surface area contributed by atoms with Crippen LogP contribution in [0.15, 0.2) is 60.4 Å². The molecule has 0 unspecified atom stereocenters. The maximum Gasteiger partial charge on any atom is 0.259 e. The maximum absolute atomic E-state index is 13.3. The standard InChI is InChI=1S/C27H23N9OS/c1-16(31-26(37)21-24(28)33-35-13-7-12-29-25(21)35)22-23(18-8-5-4-6-9-18)36-20(15-38-27(36)32-22)11-10-19-14-30-34(3)17(19)2/h4-9,12-16H,1-3H3,(H2,28,33)(H,31,37)/t16-/m1/s1. The van der Waals surface area contributed by atoms with Crippen LogP contribution in [-0.2, 0) is 7.05 Å². The molecule has 0 aliphatic carbocycles. The van der Waals surface area contributed by atoms with Crippen LogP contribution in [0.1, 0.15) is 46.0 Å². The molecule has 1 amide bonds. The number of amides is 1. The number of carbonyl (C=O) groups excluding carboxylic acids is 1. The Kier molecular flexibility index (Phi) is 5.66. The predicted octanol–water partition coefficient (Wildman–Crippen LogP) is 3.62. The monoisotopic (exact) mass is 521 g/mol. The number of aromatic nitrogens is 7. The summed E-state index contributed by atoms with van der Waals surface area (Å²) in [6, 6.07) is 11.2. The zero-order chi connectivity index (χ0) is 26.4. The molecule has 188 valence electrons. The number of hydrogen-bond acceptors (Lipinski definition) is 7. The number of aryl methyl sites for hydroxylation is 1. The van der Waals surface area contributed by atoms with Gasteiger partial charge in [0.05, 0.1) is 34.9 Å². The first-order valence-electron chi connectivity index (χ1n) is 11.9. The fourth-order valence-electron chi connectivity index (χ4n) is 4.35. The summed E-state index contributed by atoms with van der Waals surface area (Å²) < 4.78 is 5.34. The van der Waals surface area contributed by atoms with Crippen molar-refractivity contribution in [3.8, 4) is 23.1 Å². The molecule has 5 aromatic heterocycles. The van der Waals surface area contributed by atoms with Gasteiger partial charge in [-0.05, 0) is 25.8 Å². The van der Waals surface area contributed by atoms with Crippen LogP contribution in [0.5, 0.6) is 0 Å². The molecular formula is C27H23N9OS. The number of nitrogen functional groups attached to an aromatic ring is 1. The molecule has 1 aromatic carbocycles. The molecule has 6 rings (SSSR count). The summed E-state index contributed by atoms with van der Waals surface area (Å²) >= 11 is 1.50. The van der Waals surface area contributed by atoms with Crippen molar-refractivity contribution < 1.29 is 4.79 Å². The van der Waals surface area contributed by atoms with Gasteiger partial charge in [0.15, 0.2) is 16.4 Å². The number of carbonyl (C=O) groups is 1. The Labute approximate surface area is 221 Å². The van der Waals surface area contributed by atoms with E-state index in [4.69, 9.17) is 10.7 Å². The van der Waals surface area contributed by atoms with Crippen molar-refractivity contribution in [3.63, 3.8) is 0 Å². The van der Waals surface area contributed by atoms with Crippen molar-refractivity contribution in [2.24, 2.45) is 7.05 Å². The fourth-order valence-corrected chi connectivity index (χ4v) is 5.18. The predicted molar refractivity (Wildman–Crippen MR) is 146 cm³/mol. The molecule has 38 heavy (non-hydrogen) atoms. The van der Waals surface area contributed by atoms with E-state index in [9.17, 15) is 4.79 Å². The Morgan fingerprint density at radius 3 is 2.76 bits per heavy atom. The summed E-state index contributed by atoms with van der Waals surface area (Å²) in [5.74, 6) is 6.29. The molecule has 0 aliphatic heterocycles. The second kappa shape index (κ2) is 9.17. The first-order valence-corrected chi connectivity index (χ1v) is 12.8. The van der Waals surface area contributed by atoms with E-state index in [0.717, 1.165) is 38.9 Å². The van der Waals surface area contributed by atoms with Gasteiger partial charge in [0.2, 0.25) is 0 Å². The average Bonchev–Trinajstić information content (AvgIpc) is 3.66. The van der Waals surface area contributed by atoms with Crippen molar-refractivity contribution >= 4 is 33.7 Å². The van der Waals surface area contributed by atoms with Crippen LogP contribution < -0.4 is 11.1 Å². The van der Waals surface area contributed by atoms with Crippen molar-refractivity contribution in [2.45, 2.75) is 19.9 Å². The Hall–Kier alpha value is -4.95. The van der Waals surface area contributed by atoms with Crippen molar-refractivity contribution in [3.05, 3.63) is 88.6 Å². The molecule has 5 heterocycles. The number of nitrogens with two attached hydrogens (primary N) is 1. The first-order chi connectivity index (χ1) is 18.4. The average molecular weight is 522 g/mol. The molecule has 0 fully saturated rings. The van der Waals surface area contributed by atoms with Crippen LogP contribution in [0.3, 0.4) is 0 Å². The molecule has 11 heteroatoms. The van der Waals surface area contributed by atoms with Gasteiger partial charge < -0.3 is 11.1 Å². The van der Waals surface area contributed by atoms with E-state index in [0.29, 0.717) is 5.65 Å². The number of anilines is 1. The minimum Gasteiger partial charge on any atom is -0.381 e. The lowest BCUT2D eigenvalue weighted by molar-refractivity contribution is 0.0941. The van der Waals surface area contributed by atoms with Crippen LogP contribution >= 0.6 is 11.3 Å². The second-order valence-corrected chi connectivity index (χ2v) is 9.65. The molecule has 0 bridgehead atoms. The summed E-state index contributed by atoms with van der Waals surface area (Å²) in [4.78, 5) is 23.3. The van der Waals surface area contributed by atoms with E-state index in [1.165, 1.54) is 15.9 Å². The Morgan fingerprint density at radius 2 is 2.00 bits per heavy atom. The van der Waals surface area contributed by atoms with Crippen LogP contribution in [0.2, 0.25) is 0 Å². The molecule has 0 spiro atoms. The Morgan fingerprint density at radius 1 is 1.18 bits per heavy atom. The number of nitrogens with zero attached hydrogens (tertiary/aromatic N) is 7. The van der Waals surface area contributed by atoms with E-state index in [2.05, 4.69) is 32.3 Å². The van der Waals surface area contributed by atoms with Crippen LogP contribution in [0.4, 0.5) is 5.82 Å². The number of nitrogens with one attached hydrogen (secondary N) is 1. The molecule has 3 N–H and O–H groups in total. The van der Waals surface area contributed by atoms with Crippen molar-refractivity contribution in [1.29, 1.82) is 0 Å². The second-order valence-electron chi connectivity index (χ2n) is 8.81. The lowest BCUT2D eigenvalue weighted by Crippen LogP contribution is -2.28. The zero-order valence-corrected chi connectivity index (χ0v) is 21.7. The quantitative estimate of drug-likeness (QED) is 0.342. The Bertz CT molecular complexity index is 1880. The van der Waals surface area contributed by atoms with Gasteiger partial charge in [-0.2, -0.15) is 5.10 Å². The number of benzene rings is 1. The van der Waals surface area contributed by atoms with Crippen molar-refractivity contribution in [2.75, 3.05) is 5.73 Å². The highest BCUT2D eigenvalue weighted by atomic mass is 32.1. The SMILES string of the molecule is Cc1c(C#Cc2csc3nc([C@@H](C)NC(=O)c4c(N)nn5cccnc45)c(-c4ccccc4)n23)cnn1C. The van der Waals surface area contributed by atoms with Crippen LogP contribution in [-0.4, -0.2) is 39.7 Å². The third kappa shape index (κ3) is 3.88. The fraction of sp³-hybridized carbons (Fsp3) is 0.148. The largest absolute Gasteiger partial charge is 0.381 e. The molecule has 0 saturated carbocycles.